The zero-order chi connectivity index (χ0) is 24.2. The summed E-state index contributed by atoms with van der Waals surface area (Å²) in [6, 6.07) is 1.13. The van der Waals surface area contributed by atoms with Gasteiger partial charge in [-0.1, -0.05) is 34.6 Å². The Bertz CT molecular complexity index is 1070. The lowest BCUT2D eigenvalue weighted by molar-refractivity contribution is 0.0172. The van der Waals surface area contributed by atoms with E-state index in [-0.39, 0.29) is 33.5 Å². The Morgan fingerprint density at radius 3 is 2.38 bits per heavy atom. The van der Waals surface area contributed by atoms with E-state index in [1.165, 1.54) is 0 Å². The predicted octanol–water partition coefficient (Wildman–Crippen LogP) is 3.79. The molecule has 3 atom stereocenters. The molecule has 3 rings (SSSR count). The van der Waals surface area contributed by atoms with Crippen molar-refractivity contribution in [3.05, 3.63) is 33.2 Å². The van der Waals surface area contributed by atoms with Gasteiger partial charge in [0, 0.05) is 24.1 Å². The molecule has 4 N–H and O–H groups in total. The van der Waals surface area contributed by atoms with Crippen LogP contribution in [-0.2, 0) is 0 Å². The minimum Gasteiger partial charge on any atom is -0.507 e. The number of aromatic hydroxyl groups is 2. The number of piperidine rings is 1. The number of likely N-dealkylation sites (N-methyl/N-ethyl adjacent to an activating group) is 1. The van der Waals surface area contributed by atoms with Crippen molar-refractivity contribution in [2.75, 3.05) is 20.1 Å². The highest BCUT2D eigenvalue weighted by atomic mass is 16.3. The van der Waals surface area contributed by atoms with Gasteiger partial charge in [0.1, 0.15) is 28.2 Å². The van der Waals surface area contributed by atoms with E-state index in [0.717, 1.165) is 6.07 Å². The summed E-state index contributed by atoms with van der Waals surface area (Å²) in [7, 11) is 1.91. The first-order chi connectivity index (χ1) is 14.6. The van der Waals surface area contributed by atoms with Crippen LogP contribution in [-0.4, -0.2) is 51.6 Å². The normalized spacial score (nSPS) is 21.8. The third-order valence-electron chi connectivity index (χ3n) is 6.54. The number of rotatable bonds is 4. The first-order valence-corrected chi connectivity index (χ1v) is 11.2. The first kappa shape index (κ1) is 24.6. The summed E-state index contributed by atoms with van der Waals surface area (Å²) in [5, 5.41) is 43.0. The maximum atomic E-state index is 13.6. The van der Waals surface area contributed by atoms with Gasteiger partial charge in [0.25, 0.3) is 0 Å². The average molecular weight is 448 g/mol. The molecule has 2 heterocycles. The molecular formula is C25H37NO6. The molecule has 0 amide bonds. The Morgan fingerprint density at radius 2 is 1.81 bits per heavy atom. The van der Waals surface area contributed by atoms with Crippen molar-refractivity contribution in [1.29, 1.82) is 0 Å². The number of nitrogens with zero attached hydrogens (tertiary/aromatic N) is 1. The van der Waals surface area contributed by atoms with Crippen molar-refractivity contribution in [2.24, 2.45) is 10.8 Å². The second kappa shape index (κ2) is 8.36. The van der Waals surface area contributed by atoms with Crippen LogP contribution in [0.1, 0.15) is 76.4 Å². The summed E-state index contributed by atoms with van der Waals surface area (Å²) in [4.78, 5) is 15.6. The van der Waals surface area contributed by atoms with Gasteiger partial charge in [-0.15, -0.1) is 0 Å². The van der Waals surface area contributed by atoms with E-state index in [2.05, 4.69) is 20.8 Å². The molecule has 7 nitrogen and oxygen atoms in total. The number of phenols is 2. The first-order valence-electron chi connectivity index (χ1n) is 11.2. The topological polar surface area (TPSA) is 114 Å². The van der Waals surface area contributed by atoms with Gasteiger partial charge in [-0.3, -0.25) is 4.79 Å². The van der Waals surface area contributed by atoms with Crippen LogP contribution in [0, 0.1) is 17.8 Å². The fourth-order valence-corrected chi connectivity index (χ4v) is 5.43. The summed E-state index contributed by atoms with van der Waals surface area (Å²) >= 11 is 0. The fourth-order valence-electron chi connectivity index (χ4n) is 5.43. The van der Waals surface area contributed by atoms with Crippen molar-refractivity contribution >= 4 is 11.0 Å². The molecular weight excluding hydrogens is 410 g/mol. The van der Waals surface area contributed by atoms with E-state index in [4.69, 9.17) is 4.42 Å². The summed E-state index contributed by atoms with van der Waals surface area (Å²) in [6.07, 6.45) is -0.634. The van der Waals surface area contributed by atoms with Crippen LogP contribution in [0.25, 0.3) is 11.0 Å². The highest BCUT2D eigenvalue weighted by molar-refractivity contribution is 5.89. The molecule has 1 aliphatic heterocycles. The van der Waals surface area contributed by atoms with E-state index >= 15 is 0 Å². The maximum Gasteiger partial charge on any atom is 0.202 e. The van der Waals surface area contributed by atoms with Gasteiger partial charge in [-0.2, -0.15) is 0 Å². The highest BCUT2D eigenvalue weighted by Crippen LogP contribution is 2.45. The Kier molecular flexibility index (Phi) is 6.41. The Morgan fingerprint density at radius 1 is 1.19 bits per heavy atom. The molecule has 0 radical (unpaired) electrons. The quantitative estimate of drug-likeness (QED) is 0.564. The minimum atomic E-state index is -1.10. The average Bonchev–Trinajstić information content (AvgIpc) is 2.60. The molecule has 2 aromatic rings. The molecule has 1 fully saturated rings. The number of hydrogen-bond donors (Lipinski definition) is 4. The Hall–Kier alpha value is -2.09. The summed E-state index contributed by atoms with van der Waals surface area (Å²) in [5.74, 6) is -0.817. The summed E-state index contributed by atoms with van der Waals surface area (Å²) < 4.78 is 6.04. The minimum absolute atomic E-state index is 0.0686. The van der Waals surface area contributed by atoms with Gasteiger partial charge in [-0.05, 0) is 44.2 Å². The van der Waals surface area contributed by atoms with E-state index in [0.29, 0.717) is 31.5 Å². The summed E-state index contributed by atoms with van der Waals surface area (Å²) in [5.41, 5.74) is -0.690. The van der Waals surface area contributed by atoms with Crippen LogP contribution in [0.3, 0.4) is 0 Å². The number of aliphatic hydroxyl groups excluding tert-OH is 2. The maximum absolute atomic E-state index is 13.6. The number of likely N-dealkylation sites (tertiary alicyclic amines) is 1. The molecule has 0 spiro atoms. The van der Waals surface area contributed by atoms with Gasteiger partial charge in [0.15, 0.2) is 0 Å². The van der Waals surface area contributed by atoms with Crippen molar-refractivity contribution in [3.63, 3.8) is 0 Å². The molecule has 1 saturated heterocycles. The van der Waals surface area contributed by atoms with Crippen LogP contribution < -0.4 is 5.43 Å². The van der Waals surface area contributed by atoms with Gasteiger partial charge >= 0.3 is 0 Å². The SMILES string of the molecule is Cc1oc2c(C3CCN(C)CC3O)c(O)cc(O)c2c(=O)c1C(O)C(C)(C)CC(C)(C)C. The third kappa shape index (κ3) is 4.51. The molecule has 1 aromatic heterocycles. The molecule has 0 bridgehead atoms. The number of β-amino-alcohol motifs (C(OH)–C–C–N with tert-alkyl or cyclic N) is 1. The van der Waals surface area contributed by atoms with E-state index in [1.807, 2.05) is 25.8 Å². The fraction of sp³-hybridized carbons (Fsp3) is 0.640. The van der Waals surface area contributed by atoms with Crippen molar-refractivity contribution in [2.45, 2.75) is 72.5 Å². The summed E-state index contributed by atoms with van der Waals surface area (Å²) in [6.45, 7) is 12.8. The van der Waals surface area contributed by atoms with Gasteiger partial charge < -0.3 is 29.7 Å². The molecule has 1 aliphatic rings. The number of benzene rings is 1. The molecule has 3 unspecified atom stereocenters. The number of hydrogen-bond acceptors (Lipinski definition) is 7. The monoisotopic (exact) mass is 447 g/mol. The lowest BCUT2D eigenvalue weighted by atomic mass is 9.71. The van der Waals surface area contributed by atoms with Crippen LogP contribution in [0.15, 0.2) is 15.3 Å². The lowest BCUT2D eigenvalue weighted by Gasteiger charge is -2.37. The molecule has 7 heteroatoms. The predicted molar refractivity (Wildman–Crippen MR) is 124 cm³/mol. The third-order valence-corrected chi connectivity index (χ3v) is 6.54. The van der Waals surface area contributed by atoms with Crippen LogP contribution in [0.2, 0.25) is 0 Å². The molecule has 0 saturated carbocycles. The second-order valence-electron chi connectivity index (χ2n) is 11.3. The van der Waals surface area contributed by atoms with E-state index < -0.39 is 34.7 Å². The van der Waals surface area contributed by atoms with Crippen molar-refractivity contribution < 1.29 is 24.8 Å². The van der Waals surface area contributed by atoms with Crippen LogP contribution in [0.5, 0.6) is 11.5 Å². The van der Waals surface area contributed by atoms with Crippen molar-refractivity contribution in [3.8, 4) is 11.5 Å². The van der Waals surface area contributed by atoms with E-state index in [9.17, 15) is 25.2 Å². The van der Waals surface area contributed by atoms with Crippen LogP contribution in [0.4, 0.5) is 0 Å². The van der Waals surface area contributed by atoms with Crippen LogP contribution >= 0.6 is 0 Å². The second-order valence-corrected chi connectivity index (χ2v) is 11.3. The highest BCUT2D eigenvalue weighted by Gasteiger charge is 2.38. The molecule has 0 aliphatic carbocycles. The Balaban J connectivity index is 2.22. The number of aliphatic hydroxyl groups is 2. The van der Waals surface area contributed by atoms with Gasteiger partial charge in [0.2, 0.25) is 5.43 Å². The zero-order valence-electron chi connectivity index (χ0n) is 20.2. The smallest absolute Gasteiger partial charge is 0.202 e. The van der Waals surface area contributed by atoms with Gasteiger partial charge in [-0.25, -0.2) is 0 Å². The number of fused-ring (bicyclic) bond motifs is 1. The lowest BCUT2D eigenvalue weighted by Crippen LogP contribution is -2.40. The molecule has 178 valence electrons. The zero-order valence-corrected chi connectivity index (χ0v) is 20.2. The molecule has 32 heavy (non-hydrogen) atoms. The number of aryl methyl sites for hydroxylation is 1. The van der Waals surface area contributed by atoms with E-state index in [1.54, 1.807) is 6.92 Å². The Labute approximate surface area is 189 Å². The van der Waals surface area contributed by atoms with Gasteiger partial charge in [0.05, 0.1) is 17.8 Å². The standard InChI is InChI=1S/C25H37NO6/c1-13-18(23(31)25(5,6)12-24(2,3)4)21(30)20-16(28)10-15(27)19(22(20)32-13)14-8-9-26(7)11-17(14)29/h10,14,17,23,27-29,31H,8-9,11-12H2,1-7H3. The molecule has 1 aromatic carbocycles. The van der Waals surface area contributed by atoms with Crippen molar-refractivity contribution in [1.82, 2.24) is 4.90 Å². The largest absolute Gasteiger partial charge is 0.507 e. The number of phenolic OH excluding ortho intramolecular Hbond substituents is 2.